The Balaban J connectivity index is 1.75. The number of ether oxygens (including phenoxy) is 1. The molecule has 120 valence electrons. The fourth-order valence-corrected chi connectivity index (χ4v) is 3.43. The van der Waals surface area contributed by atoms with Gasteiger partial charge in [0, 0.05) is 18.8 Å². The van der Waals surface area contributed by atoms with Crippen LogP contribution in [-0.2, 0) is 6.42 Å². The smallest absolute Gasteiger partial charge is 0.173 e. The highest BCUT2D eigenvalue weighted by Crippen LogP contribution is 2.33. The van der Waals surface area contributed by atoms with E-state index in [-0.39, 0.29) is 0 Å². The molecule has 0 spiro atoms. The summed E-state index contributed by atoms with van der Waals surface area (Å²) in [5.74, 6) is 0.823. The molecule has 1 atom stereocenters. The van der Waals surface area contributed by atoms with Crippen LogP contribution >= 0.6 is 12.2 Å². The number of anilines is 1. The summed E-state index contributed by atoms with van der Waals surface area (Å²) in [5, 5.41) is 4.06. The molecule has 1 aliphatic rings. The van der Waals surface area contributed by atoms with E-state index in [0.717, 1.165) is 29.4 Å². The standard InChI is InChI=1S/C19H22N2OS/c1-21(18-12-5-8-14-7-3-4-11-17(14)18)19(23)20-15-9-6-10-16(13-15)22-2/h3-4,6-7,9-11,13,18H,5,8,12H2,1-2H3,(H,20,23)/t18-/m0/s1. The summed E-state index contributed by atoms with van der Waals surface area (Å²) in [4.78, 5) is 2.17. The number of nitrogens with one attached hydrogen (secondary N) is 1. The van der Waals surface area contributed by atoms with Crippen LogP contribution in [-0.4, -0.2) is 24.2 Å². The van der Waals surface area contributed by atoms with Crippen LogP contribution in [0, 0.1) is 0 Å². The molecular weight excluding hydrogens is 304 g/mol. The first-order valence-electron chi connectivity index (χ1n) is 7.94. The summed E-state index contributed by atoms with van der Waals surface area (Å²) < 4.78 is 5.26. The molecule has 0 aromatic heterocycles. The number of thiocarbonyl (C=S) groups is 1. The molecule has 1 aliphatic carbocycles. The molecule has 0 saturated carbocycles. The Morgan fingerprint density at radius 2 is 2.04 bits per heavy atom. The summed E-state index contributed by atoms with van der Waals surface area (Å²) in [6, 6.07) is 16.9. The quantitative estimate of drug-likeness (QED) is 0.845. The van der Waals surface area contributed by atoms with Crippen molar-refractivity contribution in [1.29, 1.82) is 0 Å². The lowest BCUT2D eigenvalue weighted by atomic mass is 9.87. The van der Waals surface area contributed by atoms with Gasteiger partial charge in [0.2, 0.25) is 0 Å². The maximum absolute atomic E-state index is 5.62. The highest BCUT2D eigenvalue weighted by molar-refractivity contribution is 7.80. The predicted octanol–water partition coefficient (Wildman–Crippen LogP) is 4.40. The van der Waals surface area contributed by atoms with Gasteiger partial charge in [0.05, 0.1) is 13.2 Å². The van der Waals surface area contributed by atoms with Crippen LogP contribution in [0.4, 0.5) is 5.69 Å². The Hall–Kier alpha value is -2.07. The van der Waals surface area contributed by atoms with E-state index in [0.29, 0.717) is 6.04 Å². The Kier molecular flexibility index (Phi) is 4.82. The molecule has 3 nitrogen and oxygen atoms in total. The van der Waals surface area contributed by atoms with E-state index in [1.807, 2.05) is 24.3 Å². The molecule has 23 heavy (non-hydrogen) atoms. The van der Waals surface area contributed by atoms with Gasteiger partial charge in [-0.15, -0.1) is 0 Å². The van der Waals surface area contributed by atoms with Crippen molar-refractivity contribution in [2.45, 2.75) is 25.3 Å². The van der Waals surface area contributed by atoms with E-state index in [1.165, 1.54) is 17.5 Å². The Labute approximate surface area is 143 Å². The third-order valence-electron chi connectivity index (χ3n) is 4.45. The van der Waals surface area contributed by atoms with E-state index < -0.39 is 0 Å². The largest absolute Gasteiger partial charge is 0.497 e. The van der Waals surface area contributed by atoms with Crippen molar-refractivity contribution >= 4 is 23.0 Å². The molecule has 0 fully saturated rings. The molecule has 0 unspecified atom stereocenters. The molecule has 0 radical (unpaired) electrons. The Morgan fingerprint density at radius 3 is 2.87 bits per heavy atom. The van der Waals surface area contributed by atoms with Crippen LogP contribution in [0.15, 0.2) is 48.5 Å². The van der Waals surface area contributed by atoms with E-state index in [4.69, 9.17) is 17.0 Å². The minimum absolute atomic E-state index is 0.338. The van der Waals surface area contributed by atoms with Crippen LogP contribution in [0.2, 0.25) is 0 Å². The van der Waals surface area contributed by atoms with E-state index >= 15 is 0 Å². The third kappa shape index (κ3) is 3.48. The van der Waals surface area contributed by atoms with E-state index in [1.54, 1.807) is 7.11 Å². The summed E-state index contributed by atoms with van der Waals surface area (Å²) in [6.45, 7) is 0. The third-order valence-corrected chi connectivity index (χ3v) is 4.84. The van der Waals surface area contributed by atoms with Crippen molar-refractivity contribution in [3.63, 3.8) is 0 Å². The highest BCUT2D eigenvalue weighted by atomic mass is 32.1. The number of hydrogen-bond donors (Lipinski definition) is 1. The van der Waals surface area contributed by atoms with Crippen molar-refractivity contribution in [1.82, 2.24) is 4.90 Å². The molecular formula is C19H22N2OS. The second kappa shape index (κ2) is 7.01. The maximum atomic E-state index is 5.62. The van der Waals surface area contributed by atoms with E-state index in [9.17, 15) is 0 Å². The predicted molar refractivity (Wildman–Crippen MR) is 99.1 cm³/mol. The molecule has 0 bridgehead atoms. The van der Waals surface area contributed by atoms with E-state index in [2.05, 4.69) is 41.5 Å². The number of methoxy groups -OCH3 is 1. The van der Waals surface area contributed by atoms with Crippen LogP contribution in [0.3, 0.4) is 0 Å². The molecule has 1 N–H and O–H groups in total. The van der Waals surface area contributed by atoms with Gasteiger partial charge in [-0.1, -0.05) is 30.3 Å². The van der Waals surface area contributed by atoms with Crippen molar-refractivity contribution < 1.29 is 4.74 Å². The highest BCUT2D eigenvalue weighted by Gasteiger charge is 2.24. The summed E-state index contributed by atoms with van der Waals surface area (Å²) in [7, 11) is 3.74. The van der Waals surface area contributed by atoms with Gasteiger partial charge < -0.3 is 15.0 Å². The zero-order valence-corrected chi connectivity index (χ0v) is 14.4. The number of nitrogens with zero attached hydrogens (tertiary/aromatic N) is 1. The van der Waals surface area contributed by atoms with Crippen LogP contribution in [0.5, 0.6) is 5.75 Å². The second-order valence-electron chi connectivity index (χ2n) is 5.88. The van der Waals surface area contributed by atoms with Gasteiger partial charge in [-0.2, -0.15) is 0 Å². The summed E-state index contributed by atoms with van der Waals surface area (Å²) in [5.41, 5.74) is 3.79. The lowest BCUT2D eigenvalue weighted by Crippen LogP contribution is -2.36. The van der Waals surface area contributed by atoms with Gasteiger partial charge in [0.15, 0.2) is 5.11 Å². The Bertz CT molecular complexity index is 701. The average Bonchev–Trinajstić information content (AvgIpc) is 2.60. The molecule has 2 aromatic carbocycles. The molecule has 0 heterocycles. The normalized spacial score (nSPS) is 16.3. The maximum Gasteiger partial charge on any atom is 0.173 e. The monoisotopic (exact) mass is 326 g/mol. The molecule has 0 amide bonds. The fourth-order valence-electron chi connectivity index (χ4n) is 3.18. The number of fused-ring (bicyclic) bond motifs is 1. The van der Waals surface area contributed by atoms with Crippen molar-refractivity contribution in [3.05, 3.63) is 59.7 Å². The number of aryl methyl sites for hydroxylation is 1. The number of benzene rings is 2. The van der Waals surface area contributed by atoms with Gasteiger partial charge in [-0.3, -0.25) is 0 Å². The zero-order chi connectivity index (χ0) is 16.2. The second-order valence-corrected chi connectivity index (χ2v) is 6.27. The first-order valence-corrected chi connectivity index (χ1v) is 8.35. The van der Waals surface area contributed by atoms with Gasteiger partial charge in [-0.25, -0.2) is 0 Å². The Morgan fingerprint density at radius 1 is 1.22 bits per heavy atom. The lowest BCUT2D eigenvalue weighted by Gasteiger charge is -2.35. The van der Waals surface area contributed by atoms with Crippen LogP contribution in [0.25, 0.3) is 0 Å². The first-order chi connectivity index (χ1) is 11.2. The summed E-state index contributed by atoms with van der Waals surface area (Å²) in [6.07, 6.45) is 3.50. The van der Waals surface area contributed by atoms with Crippen LogP contribution < -0.4 is 10.1 Å². The minimum Gasteiger partial charge on any atom is -0.497 e. The number of rotatable bonds is 3. The average molecular weight is 326 g/mol. The molecule has 2 aromatic rings. The fraction of sp³-hybridized carbons (Fsp3) is 0.316. The SMILES string of the molecule is COc1cccc(NC(=S)N(C)[C@H]2CCCc3ccccc32)c1. The van der Waals surface area contributed by atoms with Crippen molar-refractivity contribution in [2.75, 3.05) is 19.5 Å². The van der Waals surface area contributed by atoms with Gasteiger partial charge in [0.1, 0.15) is 5.75 Å². The molecule has 4 heteroatoms. The zero-order valence-electron chi connectivity index (χ0n) is 13.6. The van der Waals surface area contributed by atoms with Gasteiger partial charge in [-0.05, 0) is 54.7 Å². The topological polar surface area (TPSA) is 24.5 Å². The van der Waals surface area contributed by atoms with Gasteiger partial charge >= 0.3 is 0 Å². The van der Waals surface area contributed by atoms with Crippen LogP contribution in [0.1, 0.15) is 30.0 Å². The lowest BCUT2D eigenvalue weighted by molar-refractivity contribution is 0.336. The first kappa shape index (κ1) is 15.8. The van der Waals surface area contributed by atoms with Crippen molar-refractivity contribution in [2.24, 2.45) is 0 Å². The van der Waals surface area contributed by atoms with Gasteiger partial charge in [0.25, 0.3) is 0 Å². The molecule has 3 rings (SSSR count). The molecule has 0 saturated heterocycles. The molecule has 0 aliphatic heterocycles. The minimum atomic E-state index is 0.338. The van der Waals surface area contributed by atoms with Crippen molar-refractivity contribution in [3.8, 4) is 5.75 Å². The summed E-state index contributed by atoms with van der Waals surface area (Å²) >= 11 is 5.62. The number of hydrogen-bond acceptors (Lipinski definition) is 2.